The lowest BCUT2D eigenvalue weighted by Gasteiger charge is -2.16. The van der Waals surface area contributed by atoms with E-state index in [1.54, 1.807) is 6.92 Å². The summed E-state index contributed by atoms with van der Waals surface area (Å²) in [7, 11) is 0. The molecule has 1 atom stereocenters. The molecule has 1 amide bonds. The molecule has 4 heteroatoms. The quantitative estimate of drug-likeness (QED) is 0.911. The maximum absolute atomic E-state index is 11.8. The Morgan fingerprint density at radius 2 is 1.94 bits per heavy atom. The zero-order valence-electron chi connectivity index (χ0n) is 10.9. The topological polar surface area (TPSA) is 38.3 Å². The number of carbonyl (C=O) groups excluding carboxylic acids is 1. The minimum atomic E-state index is -0.481. The van der Waals surface area contributed by atoms with Crippen LogP contribution >= 0.6 is 11.6 Å². The summed E-state index contributed by atoms with van der Waals surface area (Å²) >= 11 is 6.09. The smallest absolute Gasteiger partial charge is 0.260 e. The van der Waals surface area contributed by atoms with Crippen molar-refractivity contribution in [1.82, 2.24) is 5.32 Å². The van der Waals surface area contributed by atoms with Gasteiger partial charge in [0.2, 0.25) is 0 Å². The fourth-order valence-electron chi connectivity index (χ4n) is 1.78. The highest BCUT2D eigenvalue weighted by Crippen LogP contribution is 2.26. The van der Waals surface area contributed by atoms with Crippen LogP contribution in [0.2, 0.25) is 5.02 Å². The SMILES string of the molecule is Cc1cc(O[C@@H](C)C(=O)NC2CC2)cc(C)c1Cl. The molecule has 3 nitrogen and oxygen atoms in total. The Kier molecular flexibility index (Phi) is 3.81. The molecule has 0 unspecified atom stereocenters. The molecule has 0 radical (unpaired) electrons. The second-order valence-electron chi connectivity index (χ2n) is 4.91. The van der Waals surface area contributed by atoms with Gasteiger partial charge in [-0.15, -0.1) is 0 Å². The third-order valence-electron chi connectivity index (χ3n) is 3.02. The third-order valence-corrected chi connectivity index (χ3v) is 3.61. The summed E-state index contributed by atoms with van der Waals surface area (Å²) in [5.41, 5.74) is 1.92. The van der Waals surface area contributed by atoms with Gasteiger partial charge in [0.05, 0.1) is 0 Å². The highest BCUT2D eigenvalue weighted by molar-refractivity contribution is 6.32. The Morgan fingerprint density at radius 1 is 1.39 bits per heavy atom. The van der Waals surface area contributed by atoms with Crippen molar-refractivity contribution in [3.63, 3.8) is 0 Å². The largest absolute Gasteiger partial charge is 0.481 e. The monoisotopic (exact) mass is 267 g/mol. The van der Waals surface area contributed by atoms with Crippen molar-refractivity contribution in [1.29, 1.82) is 0 Å². The van der Waals surface area contributed by atoms with E-state index in [0.29, 0.717) is 11.8 Å². The number of benzene rings is 1. The molecule has 1 fully saturated rings. The summed E-state index contributed by atoms with van der Waals surface area (Å²) in [6, 6.07) is 4.07. The van der Waals surface area contributed by atoms with E-state index in [1.165, 1.54) is 0 Å². The van der Waals surface area contributed by atoms with Crippen LogP contribution in [0.15, 0.2) is 12.1 Å². The normalized spacial score (nSPS) is 16.2. The number of halogens is 1. The van der Waals surface area contributed by atoms with E-state index in [0.717, 1.165) is 29.0 Å². The van der Waals surface area contributed by atoms with Crippen LogP contribution in [0.1, 0.15) is 30.9 Å². The van der Waals surface area contributed by atoms with Gasteiger partial charge in [-0.2, -0.15) is 0 Å². The Morgan fingerprint density at radius 3 is 2.44 bits per heavy atom. The third kappa shape index (κ3) is 3.16. The number of carbonyl (C=O) groups is 1. The summed E-state index contributed by atoms with van der Waals surface area (Å²) in [6.07, 6.45) is 1.68. The van der Waals surface area contributed by atoms with Crippen molar-refractivity contribution in [2.45, 2.75) is 45.8 Å². The number of hydrogen-bond acceptors (Lipinski definition) is 2. The van der Waals surface area contributed by atoms with E-state index >= 15 is 0 Å². The standard InChI is InChI=1S/C14H18ClNO2/c1-8-6-12(7-9(2)13(8)15)18-10(3)14(17)16-11-4-5-11/h6-7,10-11H,4-5H2,1-3H3,(H,16,17)/t10-/m0/s1. The van der Waals surface area contributed by atoms with Crippen LogP contribution in [0.3, 0.4) is 0 Å². The molecule has 1 N–H and O–H groups in total. The van der Waals surface area contributed by atoms with E-state index in [4.69, 9.17) is 16.3 Å². The average Bonchev–Trinajstić information content (AvgIpc) is 3.09. The summed E-state index contributed by atoms with van der Waals surface area (Å²) in [6.45, 7) is 5.62. The van der Waals surface area contributed by atoms with E-state index < -0.39 is 6.10 Å². The highest BCUT2D eigenvalue weighted by Gasteiger charge is 2.26. The van der Waals surface area contributed by atoms with Crippen molar-refractivity contribution in [3.05, 3.63) is 28.3 Å². The molecule has 98 valence electrons. The number of nitrogens with one attached hydrogen (secondary N) is 1. The second-order valence-corrected chi connectivity index (χ2v) is 5.29. The van der Waals surface area contributed by atoms with Gasteiger partial charge in [-0.1, -0.05) is 11.6 Å². The molecule has 1 saturated carbocycles. The zero-order chi connectivity index (χ0) is 13.3. The van der Waals surface area contributed by atoms with Gasteiger partial charge in [-0.25, -0.2) is 0 Å². The summed E-state index contributed by atoms with van der Waals surface area (Å²) in [5.74, 6) is 0.635. The summed E-state index contributed by atoms with van der Waals surface area (Å²) < 4.78 is 5.65. The molecule has 1 aliphatic carbocycles. The van der Waals surface area contributed by atoms with Gasteiger partial charge in [0.15, 0.2) is 6.10 Å². The molecule has 0 bridgehead atoms. The first-order valence-electron chi connectivity index (χ1n) is 6.21. The molecule has 0 heterocycles. The fourth-order valence-corrected chi connectivity index (χ4v) is 1.89. The molecule has 0 spiro atoms. The first kappa shape index (κ1) is 13.2. The Balaban J connectivity index is 2.01. The second kappa shape index (κ2) is 5.19. The molecule has 1 aromatic rings. The molecular formula is C14H18ClNO2. The van der Waals surface area contributed by atoms with Gasteiger partial charge in [0.1, 0.15) is 5.75 Å². The minimum Gasteiger partial charge on any atom is -0.481 e. The van der Waals surface area contributed by atoms with Crippen molar-refractivity contribution in [3.8, 4) is 5.75 Å². The maximum atomic E-state index is 11.8. The lowest BCUT2D eigenvalue weighted by atomic mass is 10.1. The number of rotatable bonds is 4. The van der Waals surface area contributed by atoms with Crippen LogP contribution in [-0.4, -0.2) is 18.1 Å². The van der Waals surface area contributed by atoms with Crippen LogP contribution in [0, 0.1) is 13.8 Å². The molecule has 1 aliphatic rings. The van der Waals surface area contributed by atoms with Crippen LogP contribution in [0.4, 0.5) is 0 Å². The van der Waals surface area contributed by atoms with E-state index in [2.05, 4.69) is 5.32 Å². The van der Waals surface area contributed by atoms with Gasteiger partial charge in [0, 0.05) is 11.1 Å². The van der Waals surface area contributed by atoms with Crippen LogP contribution in [0.25, 0.3) is 0 Å². The van der Waals surface area contributed by atoms with Gasteiger partial charge in [-0.3, -0.25) is 4.79 Å². The van der Waals surface area contributed by atoms with E-state index in [-0.39, 0.29) is 5.91 Å². The predicted molar refractivity (Wildman–Crippen MR) is 72.2 cm³/mol. The lowest BCUT2D eigenvalue weighted by molar-refractivity contribution is -0.127. The molecule has 0 saturated heterocycles. The predicted octanol–water partition coefficient (Wildman–Crippen LogP) is 3.00. The number of aryl methyl sites for hydroxylation is 2. The molecule has 1 aromatic carbocycles. The van der Waals surface area contributed by atoms with Crippen LogP contribution < -0.4 is 10.1 Å². The van der Waals surface area contributed by atoms with Crippen molar-refractivity contribution in [2.24, 2.45) is 0 Å². The number of ether oxygens (including phenoxy) is 1. The Bertz CT molecular complexity index is 446. The van der Waals surface area contributed by atoms with E-state index in [1.807, 2.05) is 26.0 Å². The minimum absolute atomic E-state index is 0.0530. The fraction of sp³-hybridized carbons (Fsp3) is 0.500. The van der Waals surface area contributed by atoms with Crippen LogP contribution in [-0.2, 0) is 4.79 Å². The Hall–Kier alpha value is -1.22. The molecule has 18 heavy (non-hydrogen) atoms. The molecule has 0 aromatic heterocycles. The van der Waals surface area contributed by atoms with Gasteiger partial charge >= 0.3 is 0 Å². The van der Waals surface area contributed by atoms with Crippen molar-refractivity contribution < 1.29 is 9.53 Å². The Labute approximate surface area is 112 Å². The zero-order valence-corrected chi connectivity index (χ0v) is 11.7. The lowest BCUT2D eigenvalue weighted by Crippen LogP contribution is -2.37. The molecular weight excluding hydrogens is 250 g/mol. The van der Waals surface area contributed by atoms with Crippen LogP contribution in [0.5, 0.6) is 5.75 Å². The van der Waals surface area contributed by atoms with Crippen molar-refractivity contribution >= 4 is 17.5 Å². The van der Waals surface area contributed by atoms with Gasteiger partial charge in [0.25, 0.3) is 5.91 Å². The molecule has 0 aliphatic heterocycles. The first-order valence-corrected chi connectivity index (χ1v) is 6.59. The summed E-state index contributed by atoms with van der Waals surface area (Å²) in [4.78, 5) is 11.8. The van der Waals surface area contributed by atoms with E-state index in [9.17, 15) is 4.79 Å². The average molecular weight is 268 g/mol. The van der Waals surface area contributed by atoms with Gasteiger partial charge in [-0.05, 0) is 56.9 Å². The molecule has 2 rings (SSSR count). The maximum Gasteiger partial charge on any atom is 0.260 e. The highest BCUT2D eigenvalue weighted by atomic mass is 35.5. The van der Waals surface area contributed by atoms with Gasteiger partial charge < -0.3 is 10.1 Å². The number of hydrogen-bond donors (Lipinski definition) is 1. The van der Waals surface area contributed by atoms with Crippen molar-refractivity contribution in [2.75, 3.05) is 0 Å². The number of amides is 1. The first-order chi connectivity index (χ1) is 8.47. The summed E-state index contributed by atoms with van der Waals surface area (Å²) in [5, 5.41) is 3.67.